The van der Waals surface area contributed by atoms with Gasteiger partial charge in [0.1, 0.15) is 0 Å². The van der Waals surface area contributed by atoms with Crippen LogP contribution in [0.1, 0.15) is 29.3 Å². The quantitative estimate of drug-likeness (QED) is 0.329. The SMILES string of the molecule is CCCNC(N)=NCc1cccc(C(=O)NCCN(C)C)c1.I. The fraction of sp³-hybridized carbons (Fsp3) is 0.500. The Kier molecular flexibility index (Phi) is 11.4. The van der Waals surface area contributed by atoms with Crippen molar-refractivity contribution in [1.82, 2.24) is 15.5 Å². The second-order valence-electron chi connectivity index (χ2n) is 5.39. The first-order chi connectivity index (χ1) is 10.5. The van der Waals surface area contributed by atoms with E-state index in [2.05, 4.69) is 22.5 Å². The maximum absolute atomic E-state index is 12.1. The summed E-state index contributed by atoms with van der Waals surface area (Å²) in [5.74, 6) is 0.368. The summed E-state index contributed by atoms with van der Waals surface area (Å²) in [6.45, 7) is 4.78. The molecule has 0 heterocycles. The number of hydrogen-bond acceptors (Lipinski definition) is 3. The van der Waals surface area contributed by atoms with E-state index in [1.54, 1.807) is 6.07 Å². The Morgan fingerprint density at radius 2 is 2.00 bits per heavy atom. The number of hydrogen-bond donors (Lipinski definition) is 3. The highest BCUT2D eigenvalue weighted by molar-refractivity contribution is 14.0. The molecule has 0 unspecified atom stereocenters. The molecule has 0 saturated carbocycles. The smallest absolute Gasteiger partial charge is 0.251 e. The summed E-state index contributed by atoms with van der Waals surface area (Å²) >= 11 is 0. The minimum absolute atomic E-state index is 0. The molecule has 0 aliphatic heterocycles. The van der Waals surface area contributed by atoms with Gasteiger partial charge < -0.3 is 21.3 Å². The van der Waals surface area contributed by atoms with Crippen LogP contribution in [-0.2, 0) is 6.54 Å². The first-order valence-corrected chi connectivity index (χ1v) is 7.58. The highest BCUT2D eigenvalue weighted by atomic mass is 127. The second-order valence-corrected chi connectivity index (χ2v) is 5.39. The molecule has 0 bridgehead atoms. The molecule has 0 fully saturated rings. The topological polar surface area (TPSA) is 82.7 Å². The molecular formula is C16H28IN5O. The molecule has 4 N–H and O–H groups in total. The lowest BCUT2D eigenvalue weighted by molar-refractivity contribution is 0.0951. The highest BCUT2D eigenvalue weighted by Gasteiger charge is 2.05. The molecule has 1 amide bonds. The van der Waals surface area contributed by atoms with Gasteiger partial charge in [0.05, 0.1) is 6.54 Å². The van der Waals surface area contributed by atoms with Crippen LogP contribution >= 0.6 is 24.0 Å². The summed E-state index contributed by atoms with van der Waals surface area (Å²) in [7, 11) is 3.95. The molecule has 0 aromatic heterocycles. The Morgan fingerprint density at radius 1 is 1.26 bits per heavy atom. The lowest BCUT2D eigenvalue weighted by atomic mass is 10.1. The van der Waals surface area contributed by atoms with Gasteiger partial charge in [-0.15, -0.1) is 24.0 Å². The monoisotopic (exact) mass is 433 g/mol. The van der Waals surface area contributed by atoms with Crippen LogP contribution in [0.2, 0.25) is 0 Å². The third-order valence-corrected chi connectivity index (χ3v) is 3.02. The fourth-order valence-corrected chi connectivity index (χ4v) is 1.79. The van der Waals surface area contributed by atoms with E-state index >= 15 is 0 Å². The van der Waals surface area contributed by atoms with Gasteiger partial charge in [-0.2, -0.15) is 0 Å². The molecule has 1 aromatic carbocycles. The number of nitrogens with zero attached hydrogens (tertiary/aromatic N) is 2. The van der Waals surface area contributed by atoms with Crippen LogP contribution in [0.25, 0.3) is 0 Å². The van der Waals surface area contributed by atoms with Crippen molar-refractivity contribution in [2.45, 2.75) is 19.9 Å². The van der Waals surface area contributed by atoms with Gasteiger partial charge in [0.2, 0.25) is 0 Å². The van der Waals surface area contributed by atoms with Crippen LogP contribution in [-0.4, -0.2) is 50.5 Å². The molecule has 1 aromatic rings. The number of likely N-dealkylation sites (N-methyl/N-ethyl adjacent to an activating group) is 1. The zero-order valence-electron chi connectivity index (χ0n) is 14.1. The molecule has 1 rings (SSSR count). The molecule has 23 heavy (non-hydrogen) atoms. The van der Waals surface area contributed by atoms with Crippen LogP contribution in [0.15, 0.2) is 29.3 Å². The molecular weight excluding hydrogens is 405 g/mol. The summed E-state index contributed by atoms with van der Waals surface area (Å²) < 4.78 is 0. The van der Waals surface area contributed by atoms with Crippen molar-refractivity contribution in [3.8, 4) is 0 Å². The van der Waals surface area contributed by atoms with Crippen molar-refractivity contribution in [2.75, 3.05) is 33.7 Å². The van der Waals surface area contributed by atoms with Gasteiger partial charge in [-0.1, -0.05) is 19.1 Å². The summed E-state index contributed by atoms with van der Waals surface area (Å²) in [4.78, 5) is 18.3. The largest absolute Gasteiger partial charge is 0.370 e. The summed E-state index contributed by atoms with van der Waals surface area (Å²) in [5.41, 5.74) is 7.36. The molecule has 0 radical (unpaired) electrons. The van der Waals surface area contributed by atoms with E-state index in [4.69, 9.17) is 5.73 Å². The van der Waals surface area contributed by atoms with Crippen molar-refractivity contribution in [2.24, 2.45) is 10.7 Å². The van der Waals surface area contributed by atoms with Crippen LogP contribution in [0.4, 0.5) is 0 Å². The van der Waals surface area contributed by atoms with E-state index in [-0.39, 0.29) is 29.9 Å². The first-order valence-electron chi connectivity index (χ1n) is 7.58. The van der Waals surface area contributed by atoms with Gasteiger partial charge >= 0.3 is 0 Å². The van der Waals surface area contributed by atoms with E-state index in [0.717, 1.165) is 25.1 Å². The number of aliphatic imine (C=N–C) groups is 1. The highest BCUT2D eigenvalue weighted by Crippen LogP contribution is 2.06. The maximum atomic E-state index is 12.1. The van der Waals surface area contributed by atoms with Crippen LogP contribution < -0.4 is 16.4 Å². The van der Waals surface area contributed by atoms with E-state index in [1.165, 1.54) is 0 Å². The second kappa shape index (κ2) is 12.1. The van der Waals surface area contributed by atoms with Gasteiger partial charge in [0.15, 0.2) is 5.96 Å². The Balaban J connectivity index is 0.00000484. The van der Waals surface area contributed by atoms with Crippen LogP contribution in [0.5, 0.6) is 0 Å². The number of benzene rings is 1. The van der Waals surface area contributed by atoms with E-state index < -0.39 is 0 Å². The lowest BCUT2D eigenvalue weighted by Gasteiger charge is -2.10. The summed E-state index contributed by atoms with van der Waals surface area (Å²) in [5, 5.41) is 5.92. The standard InChI is InChI=1S/C16H27N5O.HI/c1-4-8-19-16(17)20-12-13-6-5-7-14(11-13)15(22)18-9-10-21(2)3;/h5-7,11H,4,8-10,12H2,1-3H3,(H,18,22)(H3,17,19,20);1H. The third-order valence-electron chi connectivity index (χ3n) is 3.02. The van der Waals surface area contributed by atoms with Gasteiger partial charge in [-0.25, -0.2) is 4.99 Å². The van der Waals surface area contributed by atoms with Gasteiger partial charge in [0.25, 0.3) is 5.91 Å². The Morgan fingerprint density at radius 3 is 2.65 bits per heavy atom. The van der Waals surface area contributed by atoms with E-state index in [9.17, 15) is 4.79 Å². The minimum atomic E-state index is -0.0650. The molecule has 0 atom stereocenters. The number of nitrogens with two attached hydrogens (primary N) is 1. The molecule has 0 aliphatic rings. The molecule has 6 nitrogen and oxygen atoms in total. The molecule has 130 valence electrons. The van der Waals surface area contributed by atoms with E-state index in [0.29, 0.717) is 24.6 Å². The molecule has 7 heteroatoms. The van der Waals surface area contributed by atoms with Gasteiger partial charge in [-0.05, 0) is 38.2 Å². The van der Waals surface area contributed by atoms with Crippen LogP contribution in [0.3, 0.4) is 0 Å². The molecule has 0 aliphatic carbocycles. The van der Waals surface area contributed by atoms with Crippen molar-refractivity contribution in [3.63, 3.8) is 0 Å². The van der Waals surface area contributed by atoms with Crippen molar-refractivity contribution < 1.29 is 4.79 Å². The normalized spacial score (nSPS) is 11.0. The average molecular weight is 433 g/mol. The van der Waals surface area contributed by atoms with Crippen LogP contribution in [0, 0.1) is 0 Å². The predicted molar refractivity (Wildman–Crippen MR) is 106 cm³/mol. The predicted octanol–water partition coefficient (Wildman–Crippen LogP) is 1.41. The summed E-state index contributed by atoms with van der Waals surface area (Å²) in [6.07, 6.45) is 0.999. The minimum Gasteiger partial charge on any atom is -0.370 e. The van der Waals surface area contributed by atoms with Crippen molar-refractivity contribution in [1.29, 1.82) is 0 Å². The molecule has 0 spiro atoms. The maximum Gasteiger partial charge on any atom is 0.251 e. The Hall–Kier alpha value is -1.35. The number of carbonyl (C=O) groups excluding carboxylic acids is 1. The van der Waals surface area contributed by atoms with Crippen molar-refractivity contribution in [3.05, 3.63) is 35.4 Å². The number of amides is 1. The average Bonchev–Trinajstić information content (AvgIpc) is 2.50. The van der Waals surface area contributed by atoms with Gasteiger partial charge in [0, 0.05) is 25.2 Å². The van der Waals surface area contributed by atoms with E-state index in [1.807, 2.05) is 37.2 Å². The lowest BCUT2D eigenvalue weighted by Crippen LogP contribution is -2.32. The third kappa shape index (κ3) is 9.39. The van der Waals surface area contributed by atoms with Gasteiger partial charge in [-0.3, -0.25) is 4.79 Å². The fourth-order valence-electron chi connectivity index (χ4n) is 1.79. The summed E-state index contributed by atoms with van der Waals surface area (Å²) in [6, 6.07) is 7.45. The number of nitrogens with one attached hydrogen (secondary N) is 2. The number of guanidine groups is 1. The Bertz CT molecular complexity index is 505. The van der Waals surface area contributed by atoms with Crippen molar-refractivity contribution >= 4 is 35.8 Å². The number of carbonyl (C=O) groups is 1. The molecule has 0 saturated heterocycles. The first kappa shape index (κ1) is 21.6. The zero-order chi connectivity index (χ0) is 16.4. The Labute approximate surface area is 155 Å². The number of rotatable bonds is 8. The number of halogens is 1. The zero-order valence-corrected chi connectivity index (χ0v) is 16.5.